The predicted octanol–water partition coefficient (Wildman–Crippen LogP) is 1.98. The van der Waals surface area contributed by atoms with Crippen LogP contribution in [0.25, 0.3) is 11.3 Å². The third-order valence-electron chi connectivity index (χ3n) is 3.67. The van der Waals surface area contributed by atoms with Crippen molar-refractivity contribution in [2.24, 2.45) is 7.05 Å². The number of hydrogen-bond acceptors (Lipinski definition) is 4. The molecule has 0 amide bonds. The normalized spacial score (nSPS) is 11.0. The molecule has 0 spiro atoms. The van der Waals surface area contributed by atoms with Gasteiger partial charge in [0.25, 0.3) is 5.56 Å². The highest BCUT2D eigenvalue weighted by atomic mass is 19.2. The monoisotopic (exact) mass is 352 g/mol. The van der Waals surface area contributed by atoms with Crippen LogP contribution in [0, 0.1) is 17.5 Å². The van der Waals surface area contributed by atoms with Gasteiger partial charge in [-0.05, 0) is 12.1 Å². The Morgan fingerprint density at radius 2 is 1.88 bits per heavy atom. The van der Waals surface area contributed by atoms with Gasteiger partial charge in [-0.3, -0.25) is 13.9 Å². The molecule has 1 aromatic carbocycles. The van der Waals surface area contributed by atoms with E-state index in [1.807, 2.05) is 0 Å². The van der Waals surface area contributed by atoms with Crippen LogP contribution < -0.4 is 11.2 Å². The third-order valence-corrected chi connectivity index (χ3v) is 3.67. The van der Waals surface area contributed by atoms with E-state index in [0.717, 1.165) is 4.57 Å². The molecular formula is C16H11F3N2O4. The van der Waals surface area contributed by atoms with Gasteiger partial charge in [0.15, 0.2) is 17.4 Å². The van der Waals surface area contributed by atoms with Crippen molar-refractivity contribution >= 4 is 0 Å². The Bertz CT molecular complexity index is 1080. The van der Waals surface area contributed by atoms with Crippen LogP contribution in [-0.4, -0.2) is 14.2 Å². The van der Waals surface area contributed by atoms with Crippen LogP contribution in [0.4, 0.5) is 13.2 Å². The van der Waals surface area contributed by atoms with Crippen molar-refractivity contribution < 1.29 is 22.7 Å². The van der Waals surface area contributed by atoms with E-state index >= 15 is 0 Å². The fourth-order valence-electron chi connectivity index (χ4n) is 2.30. The summed E-state index contributed by atoms with van der Waals surface area (Å²) in [7, 11) is 1.32. The second kappa shape index (κ2) is 6.00. The maximum atomic E-state index is 13.9. The van der Waals surface area contributed by atoms with Gasteiger partial charge in [0.1, 0.15) is 5.76 Å². The van der Waals surface area contributed by atoms with Gasteiger partial charge in [-0.2, -0.15) is 4.39 Å². The molecule has 2 aromatic heterocycles. The Kier molecular flexibility index (Phi) is 3.99. The molecule has 0 fully saturated rings. The molecule has 0 radical (unpaired) electrons. The number of hydrogen-bond donors (Lipinski definition) is 1. The van der Waals surface area contributed by atoms with E-state index in [-0.39, 0.29) is 12.3 Å². The highest BCUT2D eigenvalue weighted by Crippen LogP contribution is 2.33. The molecule has 0 saturated carbocycles. The molecule has 25 heavy (non-hydrogen) atoms. The fourth-order valence-corrected chi connectivity index (χ4v) is 2.30. The van der Waals surface area contributed by atoms with Gasteiger partial charge in [-0.1, -0.05) is 0 Å². The van der Waals surface area contributed by atoms with Crippen LogP contribution in [0.2, 0.25) is 0 Å². The summed E-state index contributed by atoms with van der Waals surface area (Å²) in [6, 6.07) is 3.08. The quantitative estimate of drug-likeness (QED) is 0.731. The Labute approximate surface area is 138 Å². The fraction of sp³-hybridized carbons (Fsp3) is 0.125. The molecule has 0 saturated heterocycles. The predicted molar refractivity (Wildman–Crippen MR) is 80.7 cm³/mol. The number of phenolic OH excluding ortho intramolecular Hbond substituents is 1. The summed E-state index contributed by atoms with van der Waals surface area (Å²) in [6.07, 6.45) is 2.49. The number of halogens is 3. The molecule has 0 aliphatic rings. The summed E-state index contributed by atoms with van der Waals surface area (Å²) in [5, 5.41) is 9.25. The number of nitrogens with zero attached hydrogens (tertiary/aromatic N) is 2. The average Bonchev–Trinajstić information content (AvgIpc) is 3.05. The summed E-state index contributed by atoms with van der Waals surface area (Å²) in [5.41, 5.74) is -1.07. The maximum absolute atomic E-state index is 13.9. The minimum atomic E-state index is -1.69. The summed E-state index contributed by atoms with van der Waals surface area (Å²) < 4.78 is 47.7. The van der Waals surface area contributed by atoms with Crippen molar-refractivity contribution in [3.05, 3.63) is 74.5 Å². The van der Waals surface area contributed by atoms with E-state index in [4.69, 9.17) is 4.42 Å². The molecule has 0 aliphatic carbocycles. The van der Waals surface area contributed by atoms with E-state index in [1.165, 1.54) is 36.2 Å². The van der Waals surface area contributed by atoms with Gasteiger partial charge < -0.3 is 9.52 Å². The van der Waals surface area contributed by atoms with Crippen LogP contribution in [0.15, 0.2) is 44.7 Å². The first kappa shape index (κ1) is 16.6. The molecule has 1 N–H and O–H groups in total. The summed E-state index contributed by atoms with van der Waals surface area (Å²) >= 11 is 0. The lowest BCUT2D eigenvalue weighted by atomic mass is 10.1. The van der Waals surface area contributed by atoms with E-state index in [9.17, 15) is 27.9 Å². The zero-order valence-corrected chi connectivity index (χ0v) is 12.8. The standard InChI is InChI=1S/C16H11F3N2O4/c1-20-12(22)2-3-21(16(20)24)6-8-4-11(25-7-8)9-5-10(17)14(19)15(23)13(9)18/h2-5,7,23H,6H2,1H3. The number of rotatable bonds is 3. The SMILES string of the molecule is Cn1c(=O)ccn(Cc2coc(-c3cc(F)c(F)c(O)c3F)c2)c1=O. The molecule has 3 rings (SSSR count). The van der Waals surface area contributed by atoms with Gasteiger partial charge in [0.2, 0.25) is 5.82 Å². The van der Waals surface area contributed by atoms with Crippen molar-refractivity contribution in [2.75, 3.05) is 0 Å². The second-order valence-corrected chi connectivity index (χ2v) is 5.33. The Hall–Kier alpha value is -3.23. The molecule has 0 aliphatic heterocycles. The van der Waals surface area contributed by atoms with Crippen LogP contribution in [0.1, 0.15) is 5.56 Å². The topological polar surface area (TPSA) is 77.4 Å². The van der Waals surface area contributed by atoms with Crippen LogP contribution in [0.5, 0.6) is 5.75 Å². The largest absolute Gasteiger partial charge is 0.503 e. The second-order valence-electron chi connectivity index (χ2n) is 5.33. The Morgan fingerprint density at radius 1 is 1.16 bits per heavy atom. The Morgan fingerprint density at radius 3 is 2.60 bits per heavy atom. The number of phenols is 1. The summed E-state index contributed by atoms with van der Waals surface area (Å²) in [6.45, 7) is 0.00767. The average molecular weight is 352 g/mol. The highest BCUT2D eigenvalue weighted by Gasteiger charge is 2.21. The van der Waals surface area contributed by atoms with E-state index in [2.05, 4.69) is 0 Å². The van der Waals surface area contributed by atoms with E-state index in [0.29, 0.717) is 11.6 Å². The molecule has 6 nitrogen and oxygen atoms in total. The van der Waals surface area contributed by atoms with Crippen molar-refractivity contribution in [3.8, 4) is 17.1 Å². The third kappa shape index (κ3) is 2.84. The van der Waals surface area contributed by atoms with Crippen LogP contribution in [-0.2, 0) is 13.6 Å². The van der Waals surface area contributed by atoms with Gasteiger partial charge in [0.05, 0.1) is 18.4 Å². The molecule has 9 heteroatoms. The first-order chi connectivity index (χ1) is 11.8. The molecule has 2 heterocycles. The molecule has 0 bridgehead atoms. The Balaban J connectivity index is 1.98. The lowest BCUT2D eigenvalue weighted by molar-refractivity contribution is 0.376. The summed E-state index contributed by atoms with van der Waals surface area (Å²) in [5.74, 6) is -6.08. The number of aromatic hydroxyl groups is 1. The maximum Gasteiger partial charge on any atom is 0.331 e. The lowest BCUT2D eigenvalue weighted by Crippen LogP contribution is -2.36. The van der Waals surface area contributed by atoms with E-state index in [1.54, 1.807) is 0 Å². The molecule has 3 aromatic rings. The molecular weight excluding hydrogens is 341 g/mol. The van der Waals surface area contributed by atoms with Crippen molar-refractivity contribution in [3.63, 3.8) is 0 Å². The molecule has 130 valence electrons. The number of benzene rings is 1. The van der Waals surface area contributed by atoms with Crippen LogP contribution >= 0.6 is 0 Å². The number of furan rings is 1. The van der Waals surface area contributed by atoms with Gasteiger partial charge in [-0.25, -0.2) is 13.6 Å². The van der Waals surface area contributed by atoms with Gasteiger partial charge >= 0.3 is 5.69 Å². The summed E-state index contributed by atoms with van der Waals surface area (Å²) in [4.78, 5) is 23.3. The van der Waals surface area contributed by atoms with Gasteiger partial charge in [0, 0.05) is 24.9 Å². The van der Waals surface area contributed by atoms with Crippen LogP contribution in [0.3, 0.4) is 0 Å². The minimum Gasteiger partial charge on any atom is -0.503 e. The lowest BCUT2D eigenvalue weighted by Gasteiger charge is -2.05. The van der Waals surface area contributed by atoms with E-state index < -0.39 is 40.0 Å². The zero-order valence-electron chi connectivity index (χ0n) is 12.8. The van der Waals surface area contributed by atoms with Crippen molar-refractivity contribution in [2.45, 2.75) is 6.54 Å². The highest BCUT2D eigenvalue weighted by molar-refractivity contribution is 5.62. The first-order valence-electron chi connectivity index (χ1n) is 7.00. The van der Waals surface area contributed by atoms with Gasteiger partial charge in [-0.15, -0.1) is 0 Å². The smallest absolute Gasteiger partial charge is 0.331 e. The van der Waals surface area contributed by atoms with Crippen molar-refractivity contribution in [1.29, 1.82) is 0 Å². The number of aromatic nitrogens is 2. The minimum absolute atomic E-state index is 0.00767. The molecule has 0 unspecified atom stereocenters. The van der Waals surface area contributed by atoms with Crippen molar-refractivity contribution in [1.82, 2.24) is 9.13 Å². The molecule has 0 atom stereocenters. The first-order valence-corrected chi connectivity index (χ1v) is 7.00. The zero-order chi connectivity index (χ0) is 18.3.